The van der Waals surface area contributed by atoms with Crippen LogP contribution in [0.4, 0.5) is 13.2 Å². The molecule has 0 aromatic carbocycles. The molecule has 1 atom stereocenters. The Hall–Kier alpha value is -0.590. The fourth-order valence-electron chi connectivity index (χ4n) is 1.17. The van der Waals surface area contributed by atoms with Crippen molar-refractivity contribution < 1.29 is 17.9 Å². The van der Waals surface area contributed by atoms with Crippen LogP contribution in [-0.4, -0.2) is 19.4 Å². The number of ether oxygens (including phenoxy) is 1. The molecule has 0 amide bonds. The molecule has 0 spiro atoms. The Morgan fingerprint density at radius 1 is 1.53 bits per heavy atom. The maximum Gasteiger partial charge on any atom is 0.411 e. The Kier molecular flexibility index (Phi) is 4.12. The summed E-state index contributed by atoms with van der Waals surface area (Å²) in [5, 5.41) is 1.86. The molecule has 1 rings (SSSR count). The Labute approximate surface area is 89.8 Å². The molecule has 0 bridgehead atoms. The third kappa shape index (κ3) is 4.19. The molecular weight excluding hydrogens is 227 g/mol. The maximum atomic E-state index is 11.8. The molecule has 0 radical (unpaired) electrons. The molecule has 1 aromatic heterocycles. The van der Waals surface area contributed by atoms with Crippen molar-refractivity contribution in [3.05, 3.63) is 21.9 Å². The van der Waals surface area contributed by atoms with E-state index in [-0.39, 0.29) is 6.61 Å². The summed E-state index contributed by atoms with van der Waals surface area (Å²) < 4.78 is 39.8. The van der Waals surface area contributed by atoms with E-state index in [9.17, 15) is 13.2 Å². The second-order valence-corrected chi connectivity index (χ2v) is 4.29. The van der Waals surface area contributed by atoms with Gasteiger partial charge in [-0.3, -0.25) is 0 Å². The molecule has 1 unspecified atom stereocenters. The molecule has 0 saturated carbocycles. The highest BCUT2D eigenvalue weighted by Gasteiger charge is 2.27. The second-order valence-electron chi connectivity index (χ2n) is 3.17. The molecule has 0 fully saturated rings. The van der Waals surface area contributed by atoms with E-state index in [2.05, 4.69) is 4.74 Å². The molecule has 15 heavy (non-hydrogen) atoms. The highest BCUT2D eigenvalue weighted by Crippen LogP contribution is 2.22. The first-order chi connectivity index (χ1) is 6.90. The van der Waals surface area contributed by atoms with Crippen LogP contribution >= 0.6 is 11.3 Å². The number of hydrogen-bond donors (Lipinski definition) is 1. The average molecular weight is 239 g/mol. The van der Waals surface area contributed by atoms with Gasteiger partial charge in [-0.05, 0) is 23.9 Å². The molecule has 1 heterocycles. The predicted octanol–water partition coefficient (Wildman–Crippen LogP) is 2.64. The van der Waals surface area contributed by atoms with Gasteiger partial charge >= 0.3 is 6.18 Å². The highest BCUT2D eigenvalue weighted by atomic mass is 32.1. The van der Waals surface area contributed by atoms with Crippen LogP contribution in [0.15, 0.2) is 11.4 Å². The fourth-order valence-corrected chi connectivity index (χ4v) is 1.95. The van der Waals surface area contributed by atoms with Gasteiger partial charge in [-0.1, -0.05) is 0 Å². The summed E-state index contributed by atoms with van der Waals surface area (Å²) in [6.07, 6.45) is -4.29. The van der Waals surface area contributed by atoms with Crippen molar-refractivity contribution >= 4 is 11.3 Å². The summed E-state index contributed by atoms with van der Waals surface area (Å²) in [5.41, 5.74) is 6.53. The summed E-state index contributed by atoms with van der Waals surface area (Å²) in [6, 6.07) is 1.32. The molecule has 1 aromatic rings. The lowest BCUT2D eigenvalue weighted by molar-refractivity contribution is -0.174. The molecular formula is C9H12F3NOS. The van der Waals surface area contributed by atoms with Crippen LogP contribution in [0.5, 0.6) is 0 Å². The topological polar surface area (TPSA) is 35.2 Å². The summed E-state index contributed by atoms with van der Waals surface area (Å²) in [4.78, 5) is 1.01. The lowest BCUT2D eigenvalue weighted by Crippen LogP contribution is -2.23. The minimum Gasteiger partial charge on any atom is -0.370 e. The van der Waals surface area contributed by atoms with E-state index in [1.165, 1.54) is 11.3 Å². The molecule has 0 aliphatic carbocycles. The van der Waals surface area contributed by atoms with Crippen LogP contribution in [0, 0.1) is 6.92 Å². The van der Waals surface area contributed by atoms with Crippen molar-refractivity contribution in [3.63, 3.8) is 0 Å². The van der Waals surface area contributed by atoms with E-state index in [4.69, 9.17) is 5.73 Å². The van der Waals surface area contributed by atoms with Crippen LogP contribution in [0.3, 0.4) is 0 Å². The van der Waals surface area contributed by atoms with Gasteiger partial charge in [-0.25, -0.2) is 0 Å². The van der Waals surface area contributed by atoms with Crippen molar-refractivity contribution in [2.75, 3.05) is 13.2 Å². The lowest BCUT2D eigenvalue weighted by Gasteiger charge is -2.13. The zero-order valence-electron chi connectivity index (χ0n) is 8.17. The first kappa shape index (κ1) is 12.5. The van der Waals surface area contributed by atoms with E-state index < -0.39 is 18.8 Å². The zero-order chi connectivity index (χ0) is 11.5. The standard InChI is InChI=1S/C9H12F3NOS/c1-6-7(2-3-15-6)8(13)4-14-5-9(10,11)12/h2-3,8H,4-5,13H2,1H3. The summed E-state index contributed by atoms with van der Waals surface area (Å²) in [6.45, 7) is 0.518. The van der Waals surface area contributed by atoms with Gasteiger partial charge in [0.1, 0.15) is 6.61 Å². The first-order valence-corrected chi connectivity index (χ1v) is 5.22. The molecule has 0 aliphatic rings. The molecule has 0 saturated heterocycles. The maximum absolute atomic E-state index is 11.8. The van der Waals surface area contributed by atoms with Crippen molar-refractivity contribution in [2.24, 2.45) is 5.73 Å². The number of aryl methyl sites for hydroxylation is 1. The van der Waals surface area contributed by atoms with Gasteiger partial charge in [0, 0.05) is 4.88 Å². The fraction of sp³-hybridized carbons (Fsp3) is 0.556. The minimum atomic E-state index is -4.29. The summed E-state index contributed by atoms with van der Waals surface area (Å²) in [5.74, 6) is 0. The third-order valence-electron chi connectivity index (χ3n) is 1.86. The van der Waals surface area contributed by atoms with Gasteiger partial charge in [0.2, 0.25) is 0 Å². The first-order valence-electron chi connectivity index (χ1n) is 4.34. The van der Waals surface area contributed by atoms with Crippen molar-refractivity contribution in [3.8, 4) is 0 Å². The van der Waals surface area contributed by atoms with E-state index in [0.29, 0.717) is 0 Å². The van der Waals surface area contributed by atoms with Gasteiger partial charge in [-0.15, -0.1) is 11.3 Å². The Morgan fingerprint density at radius 2 is 2.20 bits per heavy atom. The number of nitrogens with two attached hydrogens (primary N) is 1. The van der Waals surface area contributed by atoms with E-state index in [1.807, 2.05) is 18.4 Å². The van der Waals surface area contributed by atoms with E-state index in [1.54, 1.807) is 0 Å². The van der Waals surface area contributed by atoms with Crippen LogP contribution in [0.25, 0.3) is 0 Å². The van der Waals surface area contributed by atoms with Crippen LogP contribution in [0.2, 0.25) is 0 Å². The average Bonchev–Trinajstić information content (AvgIpc) is 2.48. The number of halogens is 3. The molecule has 6 heteroatoms. The summed E-state index contributed by atoms with van der Waals surface area (Å²) in [7, 11) is 0. The van der Waals surface area contributed by atoms with Gasteiger partial charge in [0.25, 0.3) is 0 Å². The molecule has 86 valence electrons. The number of rotatable bonds is 4. The van der Waals surface area contributed by atoms with Crippen LogP contribution < -0.4 is 5.73 Å². The van der Waals surface area contributed by atoms with Crippen molar-refractivity contribution in [1.82, 2.24) is 0 Å². The van der Waals surface area contributed by atoms with Crippen LogP contribution in [-0.2, 0) is 4.74 Å². The van der Waals surface area contributed by atoms with Crippen molar-refractivity contribution in [2.45, 2.75) is 19.1 Å². The Morgan fingerprint density at radius 3 is 2.67 bits per heavy atom. The summed E-state index contributed by atoms with van der Waals surface area (Å²) >= 11 is 1.51. The zero-order valence-corrected chi connectivity index (χ0v) is 8.99. The smallest absolute Gasteiger partial charge is 0.370 e. The molecule has 2 N–H and O–H groups in total. The quantitative estimate of drug-likeness (QED) is 0.876. The lowest BCUT2D eigenvalue weighted by atomic mass is 10.1. The van der Waals surface area contributed by atoms with Crippen molar-refractivity contribution in [1.29, 1.82) is 0 Å². The molecule has 0 aliphatic heterocycles. The van der Waals surface area contributed by atoms with Gasteiger partial charge in [-0.2, -0.15) is 13.2 Å². The van der Waals surface area contributed by atoms with Crippen LogP contribution in [0.1, 0.15) is 16.5 Å². The highest BCUT2D eigenvalue weighted by molar-refractivity contribution is 7.10. The van der Waals surface area contributed by atoms with Gasteiger partial charge < -0.3 is 10.5 Å². The SMILES string of the molecule is Cc1sccc1C(N)COCC(F)(F)F. The minimum absolute atomic E-state index is 0.114. The monoisotopic (exact) mass is 239 g/mol. The predicted molar refractivity (Wildman–Crippen MR) is 52.9 cm³/mol. The third-order valence-corrected chi connectivity index (χ3v) is 2.72. The number of alkyl halides is 3. The largest absolute Gasteiger partial charge is 0.411 e. The van der Waals surface area contributed by atoms with E-state index in [0.717, 1.165) is 10.4 Å². The van der Waals surface area contributed by atoms with Gasteiger partial charge in [0.15, 0.2) is 0 Å². The Balaban J connectivity index is 2.37. The second kappa shape index (κ2) is 4.96. The molecule has 2 nitrogen and oxygen atoms in total. The normalized spacial score (nSPS) is 14.2. The van der Waals surface area contributed by atoms with Gasteiger partial charge in [0.05, 0.1) is 12.6 Å². The number of thiophene rings is 1. The number of hydrogen-bond acceptors (Lipinski definition) is 3. The van der Waals surface area contributed by atoms with E-state index >= 15 is 0 Å². The Bertz CT molecular complexity index is 311.